The average molecular weight is 286 g/mol. The Morgan fingerprint density at radius 3 is 2.22 bits per heavy atom. The monoisotopic (exact) mass is 286 g/mol. The van der Waals surface area contributed by atoms with E-state index in [0.29, 0.717) is 19.6 Å². The first-order valence-corrected chi connectivity index (χ1v) is 8.71. The molecular formula is C12H18N2O2S2. The first-order chi connectivity index (χ1) is 8.62. The van der Waals surface area contributed by atoms with E-state index < -0.39 is 10.0 Å². The SMILES string of the molecule is NCc1ccc(CS(=O)(=O)N2CCSCC2)cc1. The van der Waals surface area contributed by atoms with Crippen LogP contribution in [-0.2, 0) is 22.3 Å². The molecule has 2 rings (SSSR count). The van der Waals surface area contributed by atoms with Gasteiger partial charge in [0, 0.05) is 31.1 Å². The Balaban J connectivity index is 2.06. The highest BCUT2D eigenvalue weighted by Crippen LogP contribution is 2.17. The van der Waals surface area contributed by atoms with Gasteiger partial charge in [0.05, 0.1) is 5.75 Å². The molecule has 0 saturated carbocycles. The Morgan fingerprint density at radius 1 is 1.11 bits per heavy atom. The molecule has 4 nitrogen and oxygen atoms in total. The van der Waals surface area contributed by atoms with E-state index in [9.17, 15) is 8.42 Å². The second-order valence-corrected chi connectivity index (χ2v) is 7.48. The molecule has 0 aliphatic carbocycles. The second kappa shape index (κ2) is 6.06. The van der Waals surface area contributed by atoms with Crippen LogP contribution >= 0.6 is 11.8 Å². The number of hydrogen-bond acceptors (Lipinski definition) is 4. The van der Waals surface area contributed by atoms with Crippen molar-refractivity contribution in [3.63, 3.8) is 0 Å². The van der Waals surface area contributed by atoms with Gasteiger partial charge in [0.25, 0.3) is 0 Å². The normalized spacial score (nSPS) is 17.8. The maximum Gasteiger partial charge on any atom is 0.218 e. The summed E-state index contributed by atoms with van der Waals surface area (Å²) in [5.74, 6) is 1.87. The third-order valence-corrected chi connectivity index (χ3v) is 5.76. The molecule has 0 atom stereocenters. The quantitative estimate of drug-likeness (QED) is 0.898. The molecule has 0 bridgehead atoms. The Bertz CT molecular complexity index is 479. The molecule has 0 unspecified atom stereocenters. The molecule has 1 aromatic rings. The average Bonchev–Trinajstić information content (AvgIpc) is 2.40. The van der Waals surface area contributed by atoms with Crippen molar-refractivity contribution < 1.29 is 8.42 Å². The van der Waals surface area contributed by atoms with Gasteiger partial charge in [0.1, 0.15) is 0 Å². The molecule has 100 valence electrons. The fourth-order valence-electron chi connectivity index (χ4n) is 1.90. The topological polar surface area (TPSA) is 63.4 Å². The number of hydrogen-bond donors (Lipinski definition) is 1. The minimum atomic E-state index is -3.17. The third-order valence-electron chi connectivity index (χ3n) is 2.97. The Labute approximate surface area is 113 Å². The molecule has 0 aromatic heterocycles. The van der Waals surface area contributed by atoms with E-state index in [2.05, 4.69) is 0 Å². The highest BCUT2D eigenvalue weighted by Gasteiger charge is 2.24. The number of nitrogens with two attached hydrogens (primary N) is 1. The van der Waals surface area contributed by atoms with Crippen LogP contribution in [0.25, 0.3) is 0 Å². The number of rotatable bonds is 4. The lowest BCUT2D eigenvalue weighted by atomic mass is 10.1. The van der Waals surface area contributed by atoms with Crippen LogP contribution < -0.4 is 5.73 Å². The molecule has 0 spiro atoms. The summed E-state index contributed by atoms with van der Waals surface area (Å²) in [5, 5.41) is 0. The first kappa shape index (κ1) is 13.9. The molecule has 18 heavy (non-hydrogen) atoms. The molecule has 1 fully saturated rings. The minimum absolute atomic E-state index is 0.0858. The van der Waals surface area contributed by atoms with Gasteiger partial charge in [-0.1, -0.05) is 24.3 Å². The predicted molar refractivity (Wildman–Crippen MR) is 75.9 cm³/mol. The fourth-order valence-corrected chi connectivity index (χ4v) is 4.57. The van der Waals surface area contributed by atoms with Gasteiger partial charge in [-0.3, -0.25) is 0 Å². The summed E-state index contributed by atoms with van der Waals surface area (Å²) in [6, 6.07) is 7.46. The zero-order chi connectivity index (χ0) is 13.0. The lowest BCUT2D eigenvalue weighted by Crippen LogP contribution is -2.38. The van der Waals surface area contributed by atoms with E-state index >= 15 is 0 Å². The summed E-state index contributed by atoms with van der Waals surface area (Å²) in [4.78, 5) is 0. The van der Waals surface area contributed by atoms with Crippen LogP contribution in [0.3, 0.4) is 0 Å². The van der Waals surface area contributed by atoms with Crippen molar-refractivity contribution in [3.8, 4) is 0 Å². The highest BCUT2D eigenvalue weighted by atomic mass is 32.2. The van der Waals surface area contributed by atoms with Crippen molar-refractivity contribution in [2.24, 2.45) is 5.73 Å². The summed E-state index contributed by atoms with van der Waals surface area (Å²) < 4.78 is 26.0. The molecule has 1 aliphatic heterocycles. The van der Waals surface area contributed by atoms with Gasteiger partial charge >= 0.3 is 0 Å². The van der Waals surface area contributed by atoms with Gasteiger partial charge in [-0.15, -0.1) is 0 Å². The zero-order valence-corrected chi connectivity index (χ0v) is 11.8. The molecular weight excluding hydrogens is 268 g/mol. The zero-order valence-electron chi connectivity index (χ0n) is 10.2. The van der Waals surface area contributed by atoms with Crippen LogP contribution in [0.4, 0.5) is 0 Å². The molecule has 1 aromatic carbocycles. The van der Waals surface area contributed by atoms with Crippen molar-refractivity contribution in [1.29, 1.82) is 0 Å². The van der Waals surface area contributed by atoms with E-state index in [4.69, 9.17) is 5.73 Å². The van der Waals surface area contributed by atoms with Crippen molar-refractivity contribution in [3.05, 3.63) is 35.4 Å². The van der Waals surface area contributed by atoms with E-state index in [-0.39, 0.29) is 5.75 Å². The first-order valence-electron chi connectivity index (χ1n) is 5.95. The molecule has 1 heterocycles. The van der Waals surface area contributed by atoms with Crippen LogP contribution in [0.5, 0.6) is 0 Å². The van der Waals surface area contributed by atoms with E-state index in [0.717, 1.165) is 22.6 Å². The minimum Gasteiger partial charge on any atom is -0.326 e. The van der Waals surface area contributed by atoms with Crippen LogP contribution in [0.2, 0.25) is 0 Å². The third kappa shape index (κ3) is 3.47. The van der Waals surface area contributed by atoms with Gasteiger partial charge in [-0.05, 0) is 11.1 Å². The van der Waals surface area contributed by atoms with Crippen LogP contribution in [0, 0.1) is 0 Å². The van der Waals surface area contributed by atoms with Crippen molar-refractivity contribution in [2.45, 2.75) is 12.3 Å². The summed E-state index contributed by atoms with van der Waals surface area (Å²) in [5.41, 5.74) is 7.36. The van der Waals surface area contributed by atoms with Crippen LogP contribution in [0.1, 0.15) is 11.1 Å². The van der Waals surface area contributed by atoms with E-state index in [1.165, 1.54) is 0 Å². The number of thioether (sulfide) groups is 1. The van der Waals surface area contributed by atoms with Crippen molar-refractivity contribution >= 4 is 21.8 Å². The van der Waals surface area contributed by atoms with Gasteiger partial charge < -0.3 is 5.73 Å². The van der Waals surface area contributed by atoms with E-state index in [1.807, 2.05) is 24.3 Å². The van der Waals surface area contributed by atoms with Crippen molar-refractivity contribution in [2.75, 3.05) is 24.6 Å². The fraction of sp³-hybridized carbons (Fsp3) is 0.500. The largest absolute Gasteiger partial charge is 0.326 e. The smallest absolute Gasteiger partial charge is 0.218 e. The number of benzene rings is 1. The summed E-state index contributed by atoms with van der Waals surface area (Å²) in [6.45, 7) is 1.75. The maximum atomic E-state index is 12.2. The van der Waals surface area contributed by atoms with Crippen LogP contribution in [-0.4, -0.2) is 37.3 Å². The van der Waals surface area contributed by atoms with Gasteiger partial charge in [0.2, 0.25) is 10.0 Å². The summed E-state index contributed by atoms with van der Waals surface area (Å²) in [7, 11) is -3.17. The molecule has 0 radical (unpaired) electrons. The Kier molecular flexibility index (Phi) is 4.66. The van der Waals surface area contributed by atoms with Gasteiger partial charge in [-0.25, -0.2) is 8.42 Å². The van der Waals surface area contributed by atoms with Gasteiger partial charge in [-0.2, -0.15) is 16.1 Å². The predicted octanol–water partition coefficient (Wildman–Crippen LogP) is 1.02. The van der Waals surface area contributed by atoms with Crippen LogP contribution in [0.15, 0.2) is 24.3 Å². The Hall–Kier alpha value is -0.560. The molecule has 6 heteroatoms. The lowest BCUT2D eigenvalue weighted by molar-refractivity contribution is 0.443. The number of sulfonamides is 1. The van der Waals surface area contributed by atoms with E-state index in [1.54, 1.807) is 16.1 Å². The summed E-state index contributed by atoms with van der Waals surface area (Å²) >= 11 is 1.81. The molecule has 0 amide bonds. The molecule has 1 aliphatic rings. The summed E-state index contributed by atoms with van der Waals surface area (Å²) in [6.07, 6.45) is 0. The number of nitrogens with zero attached hydrogens (tertiary/aromatic N) is 1. The lowest BCUT2D eigenvalue weighted by Gasteiger charge is -2.25. The second-order valence-electron chi connectivity index (χ2n) is 4.29. The maximum absolute atomic E-state index is 12.2. The molecule has 1 saturated heterocycles. The molecule has 2 N–H and O–H groups in total. The standard InChI is InChI=1S/C12H18N2O2S2/c13-9-11-1-3-12(4-2-11)10-18(15,16)14-5-7-17-8-6-14/h1-4H,5-10,13H2. The Morgan fingerprint density at radius 2 is 1.67 bits per heavy atom. The van der Waals surface area contributed by atoms with Gasteiger partial charge in [0.15, 0.2) is 0 Å². The highest BCUT2D eigenvalue weighted by molar-refractivity contribution is 7.99. The van der Waals surface area contributed by atoms with Crippen molar-refractivity contribution in [1.82, 2.24) is 4.31 Å².